The number of halogens is 1. The lowest BCUT2D eigenvalue weighted by Crippen LogP contribution is -2.16. The number of pyridine rings is 1. The van der Waals surface area contributed by atoms with Gasteiger partial charge in [0.1, 0.15) is 5.65 Å². The van der Waals surface area contributed by atoms with Gasteiger partial charge in [0, 0.05) is 23.8 Å². The van der Waals surface area contributed by atoms with Crippen LogP contribution in [0.15, 0.2) is 36.7 Å². The van der Waals surface area contributed by atoms with Gasteiger partial charge in [0.05, 0.1) is 17.3 Å². The van der Waals surface area contributed by atoms with Gasteiger partial charge in [-0.3, -0.25) is 4.68 Å². The highest BCUT2D eigenvalue weighted by molar-refractivity contribution is 6.30. The molecule has 98 valence electrons. The van der Waals surface area contributed by atoms with Crippen molar-refractivity contribution < 1.29 is 0 Å². The van der Waals surface area contributed by atoms with Crippen LogP contribution in [0.2, 0.25) is 5.02 Å². The lowest BCUT2D eigenvalue weighted by atomic mass is 10.5. The third-order valence-electron chi connectivity index (χ3n) is 3.15. The summed E-state index contributed by atoms with van der Waals surface area (Å²) >= 11 is 5.96. The minimum absolute atomic E-state index is 0.676. The quantitative estimate of drug-likeness (QED) is 0.796. The Labute approximate surface area is 116 Å². The van der Waals surface area contributed by atoms with E-state index >= 15 is 0 Å². The third-order valence-corrected chi connectivity index (χ3v) is 3.38. The zero-order chi connectivity index (χ0) is 13.4. The summed E-state index contributed by atoms with van der Waals surface area (Å²) in [5, 5.41) is 0.710. The van der Waals surface area contributed by atoms with E-state index in [9.17, 15) is 0 Å². The SMILES string of the molecule is Cc1ccc(C)n1NCc1cn2cc(Cl)ccc2n1. The molecule has 0 atom stereocenters. The fourth-order valence-corrected chi connectivity index (χ4v) is 2.35. The Hall–Kier alpha value is -1.94. The van der Waals surface area contributed by atoms with Crippen LogP contribution in [-0.2, 0) is 6.54 Å². The second kappa shape index (κ2) is 4.63. The zero-order valence-corrected chi connectivity index (χ0v) is 11.6. The number of aryl methyl sites for hydroxylation is 2. The van der Waals surface area contributed by atoms with Crippen LogP contribution in [-0.4, -0.2) is 14.1 Å². The Bertz CT molecular complexity index is 707. The predicted octanol–water partition coefficient (Wildman–Crippen LogP) is 3.15. The summed E-state index contributed by atoms with van der Waals surface area (Å²) < 4.78 is 4.01. The molecule has 0 saturated heterocycles. The third kappa shape index (κ3) is 2.31. The van der Waals surface area contributed by atoms with Crippen molar-refractivity contribution in [3.8, 4) is 0 Å². The van der Waals surface area contributed by atoms with Crippen molar-refractivity contribution in [3.05, 3.63) is 58.8 Å². The van der Waals surface area contributed by atoms with Crippen molar-refractivity contribution in [2.45, 2.75) is 20.4 Å². The predicted molar refractivity (Wildman–Crippen MR) is 77.2 cm³/mol. The van der Waals surface area contributed by atoms with E-state index in [1.54, 1.807) is 0 Å². The van der Waals surface area contributed by atoms with Crippen LogP contribution in [0.3, 0.4) is 0 Å². The van der Waals surface area contributed by atoms with Crippen molar-refractivity contribution in [1.82, 2.24) is 14.1 Å². The first-order valence-electron chi connectivity index (χ1n) is 6.15. The van der Waals surface area contributed by atoms with E-state index in [0.29, 0.717) is 11.6 Å². The first-order valence-corrected chi connectivity index (χ1v) is 6.53. The van der Waals surface area contributed by atoms with Gasteiger partial charge in [0.2, 0.25) is 0 Å². The summed E-state index contributed by atoms with van der Waals surface area (Å²) in [5.74, 6) is 0. The van der Waals surface area contributed by atoms with E-state index in [1.165, 1.54) is 11.4 Å². The number of imidazole rings is 1. The van der Waals surface area contributed by atoms with Crippen molar-refractivity contribution in [3.63, 3.8) is 0 Å². The molecule has 0 spiro atoms. The molecular weight excluding hydrogens is 260 g/mol. The molecule has 19 heavy (non-hydrogen) atoms. The molecule has 1 N–H and O–H groups in total. The summed E-state index contributed by atoms with van der Waals surface area (Å²) in [4.78, 5) is 4.54. The molecule has 4 nitrogen and oxygen atoms in total. The number of rotatable bonds is 3. The van der Waals surface area contributed by atoms with E-state index in [4.69, 9.17) is 11.6 Å². The molecule has 0 amide bonds. The molecule has 0 aliphatic rings. The Kier molecular flexibility index (Phi) is 2.95. The van der Waals surface area contributed by atoms with Gasteiger partial charge < -0.3 is 9.83 Å². The molecule has 0 fully saturated rings. The van der Waals surface area contributed by atoms with Crippen molar-refractivity contribution in [2.24, 2.45) is 0 Å². The highest BCUT2D eigenvalue weighted by atomic mass is 35.5. The van der Waals surface area contributed by atoms with Gasteiger partial charge in [0.25, 0.3) is 0 Å². The van der Waals surface area contributed by atoms with Crippen molar-refractivity contribution >= 4 is 17.2 Å². The summed E-state index contributed by atoms with van der Waals surface area (Å²) in [6, 6.07) is 7.94. The van der Waals surface area contributed by atoms with E-state index < -0.39 is 0 Å². The highest BCUT2D eigenvalue weighted by Gasteiger charge is 2.04. The van der Waals surface area contributed by atoms with Crippen LogP contribution in [0.25, 0.3) is 5.65 Å². The number of nitrogens with zero attached hydrogens (tertiary/aromatic N) is 3. The zero-order valence-electron chi connectivity index (χ0n) is 10.9. The standard InChI is InChI=1S/C14H15ClN4/c1-10-3-4-11(2)19(10)16-7-13-9-18-8-12(15)5-6-14(18)17-13/h3-6,8-9,16H,7H2,1-2H3. The van der Waals surface area contributed by atoms with Crippen LogP contribution < -0.4 is 5.43 Å². The molecule has 0 radical (unpaired) electrons. The van der Waals surface area contributed by atoms with Gasteiger partial charge in [-0.1, -0.05) is 11.6 Å². The maximum Gasteiger partial charge on any atom is 0.137 e. The Morgan fingerprint density at radius 3 is 2.58 bits per heavy atom. The summed E-state index contributed by atoms with van der Waals surface area (Å²) in [7, 11) is 0. The number of hydrogen-bond acceptors (Lipinski definition) is 2. The summed E-state index contributed by atoms with van der Waals surface area (Å²) in [6.07, 6.45) is 3.85. The minimum atomic E-state index is 0.676. The van der Waals surface area contributed by atoms with Crippen LogP contribution in [0.5, 0.6) is 0 Å². The molecule has 3 rings (SSSR count). The van der Waals surface area contributed by atoms with Crippen LogP contribution in [0.1, 0.15) is 17.1 Å². The lowest BCUT2D eigenvalue weighted by Gasteiger charge is -2.10. The maximum absolute atomic E-state index is 5.96. The number of nitrogens with one attached hydrogen (secondary N) is 1. The lowest BCUT2D eigenvalue weighted by molar-refractivity contribution is 0.784. The first-order chi connectivity index (χ1) is 9.13. The molecule has 5 heteroatoms. The number of fused-ring (bicyclic) bond motifs is 1. The van der Waals surface area contributed by atoms with E-state index in [-0.39, 0.29) is 0 Å². The average Bonchev–Trinajstić information content (AvgIpc) is 2.91. The molecule has 0 aliphatic carbocycles. The Morgan fingerprint density at radius 2 is 1.84 bits per heavy atom. The number of aromatic nitrogens is 3. The maximum atomic E-state index is 5.96. The average molecular weight is 275 g/mol. The van der Waals surface area contributed by atoms with E-state index in [1.807, 2.05) is 28.9 Å². The smallest absolute Gasteiger partial charge is 0.137 e. The molecule has 3 aromatic heterocycles. The van der Waals surface area contributed by atoms with Gasteiger partial charge in [0.15, 0.2) is 0 Å². The Morgan fingerprint density at radius 1 is 1.11 bits per heavy atom. The summed E-state index contributed by atoms with van der Waals surface area (Å²) in [5.41, 5.74) is 7.62. The summed E-state index contributed by atoms with van der Waals surface area (Å²) in [6.45, 7) is 4.82. The van der Waals surface area contributed by atoms with E-state index in [2.05, 4.69) is 41.1 Å². The van der Waals surface area contributed by atoms with Gasteiger partial charge >= 0.3 is 0 Å². The first kappa shape index (κ1) is 12.1. The van der Waals surface area contributed by atoms with Gasteiger partial charge in [-0.05, 0) is 38.1 Å². The molecule has 0 aromatic carbocycles. The molecule has 0 bridgehead atoms. The number of hydrogen-bond donors (Lipinski definition) is 1. The van der Waals surface area contributed by atoms with E-state index in [0.717, 1.165) is 11.3 Å². The topological polar surface area (TPSA) is 34.3 Å². The second-order valence-electron chi connectivity index (χ2n) is 4.63. The highest BCUT2D eigenvalue weighted by Crippen LogP contribution is 2.12. The fourth-order valence-electron chi connectivity index (χ4n) is 2.18. The van der Waals surface area contributed by atoms with Crippen molar-refractivity contribution in [1.29, 1.82) is 0 Å². The molecular formula is C14H15ClN4. The molecule has 0 saturated carbocycles. The fraction of sp³-hybridized carbons (Fsp3) is 0.214. The van der Waals surface area contributed by atoms with Gasteiger partial charge in [-0.15, -0.1) is 0 Å². The second-order valence-corrected chi connectivity index (χ2v) is 5.07. The largest absolute Gasteiger partial charge is 0.320 e. The molecule has 0 unspecified atom stereocenters. The van der Waals surface area contributed by atoms with Gasteiger partial charge in [-0.2, -0.15) is 0 Å². The molecule has 3 heterocycles. The van der Waals surface area contributed by atoms with Crippen molar-refractivity contribution in [2.75, 3.05) is 5.43 Å². The minimum Gasteiger partial charge on any atom is -0.320 e. The Balaban J connectivity index is 1.82. The monoisotopic (exact) mass is 274 g/mol. The van der Waals surface area contributed by atoms with Crippen LogP contribution >= 0.6 is 11.6 Å². The molecule has 3 aromatic rings. The van der Waals surface area contributed by atoms with Crippen LogP contribution in [0, 0.1) is 13.8 Å². The molecule has 0 aliphatic heterocycles. The van der Waals surface area contributed by atoms with Crippen LogP contribution in [0.4, 0.5) is 0 Å². The normalized spacial score (nSPS) is 11.1. The van der Waals surface area contributed by atoms with Gasteiger partial charge in [-0.25, -0.2) is 4.98 Å².